The second-order valence-corrected chi connectivity index (χ2v) is 10.3. The molecule has 2 N–H and O–H groups in total. The molecule has 2 amide bonds. The van der Waals surface area contributed by atoms with Gasteiger partial charge in [-0.05, 0) is 54.4 Å². The van der Waals surface area contributed by atoms with E-state index >= 15 is 0 Å². The first-order valence-corrected chi connectivity index (χ1v) is 12.6. The number of amides is 2. The van der Waals surface area contributed by atoms with Crippen molar-refractivity contribution in [3.05, 3.63) is 75.9 Å². The molecule has 0 saturated carbocycles. The number of methoxy groups -OCH3 is 1. The average molecular weight is 515 g/mol. The van der Waals surface area contributed by atoms with Crippen molar-refractivity contribution in [2.75, 3.05) is 23.7 Å². The number of carbonyl (C=O) groups excluding carboxylic acids is 2. The maximum atomic E-state index is 13.1. The van der Waals surface area contributed by atoms with Crippen molar-refractivity contribution in [1.29, 1.82) is 5.26 Å². The zero-order valence-electron chi connectivity index (χ0n) is 18.4. The quantitative estimate of drug-likeness (QED) is 0.531. The summed E-state index contributed by atoms with van der Waals surface area (Å²) in [5.41, 5.74) is 1.43. The first-order chi connectivity index (χ1) is 16.7. The summed E-state index contributed by atoms with van der Waals surface area (Å²) in [7, 11) is -2.69. The zero-order valence-corrected chi connectivity index (χ0v) is 20.0. The lowest BCUT2D eigenvalue weighted by Crippen LogP contribution is -2.35. The highest BCUT2D eigenvalue weighted by Crippen LogP contribution is 2.37. The molecule has 1 aliphatic rings. The number of ether oxygens (including phenoxy) is 1. The number of halogens is 1. The molecule has 2 heterocycles. The van der Waals surface area contributed by atoms with E-state index < -0.39 is 27.8 Å². The summed E-state index contributed by atoms with van der Waals surface area (Å²) >= 11 is 1.21. The lowest BCUT2D eigenvalue weighted by molar-refractivity contribution is 0.102. The van der Waals surface area contributed by atoms with Crippen LogP contribution in [0.3, 0.4) is 0 Å². The Kier molecular flexibility index (Phi) is 6.72. The molecular formula is C23H19FN4O5S2. The van der Waals surface area contributed by atoms with Gasteiger partial charge in [-0.15, -0.1) is 11.3 Å². The van der Waals surface area contributed by atoms with Crippen molar-refractivity contribution < 1.29 is 27.1 Å². The number of anilines is 2. The van der Waals surface area contributed by atoms with Gasteiger partial charge in [0.25, 0.3) is 15.9 Å². The van der Waals surface area contributed by atoms with Crippen molar-refractivity contribution >= 4 is 44.0 Å². The average Bonchev–Trinajstić information content (AvgIpc) is 3.19. The molecule has 9 nitrogen and oxygen atoms in total. The Labute approximate surface area is 204 Å². The third kappa shape index (κ3) is 5.11. The highest BCUT2D eigenvalue weighted by atomic mass is 32.2. The first kappa shape index (κ1) is 24.2. The minimum Gasteiger partial charge on any atom is -0.453 e. The third-order valence-electron chi connectivity index (χ3n) is 5.33. The molecule has 0 bridgehead atoms. The van der Waals surface area contributed by atoms with Crippen LogP contribution in [0.25, 0.3) is 0 Å². The summed E-state index contributed by atoms with van der Waals surface area (Å²) in [6.07, 6.45) is -0.00609. The smallest absolute Gasteiger partial charge is 0.409 e. The molecule has 0 saturated heterocycles. The molecule has 2 aromatic carbocycles. The largest absolute Gasteiger partial charge is 0.453 e. The molecule has 4 rings (SSSR count). The monoisotopic (exact) mass is 514 g/mol. The fourth-order valence-corrected chi connectivity index (χ4v) is 5.88. The number of nitrogens with one attached hydrogen (secondary N) is 2. The van der Waals surface area contributed by atoms with Gasteiger partial charge in [-0.1, -0.05) is 6.07 Å². The number of nitrogens with zero attached hydrogens (tertiary/aromatic N) is 2. The molecule has 0 radical (unpaired) electrons. The number of benzene rings is 2. The van der Waals surface area contributed by atoms with E-state index in [9.17, 15) is 27.7 Å². The van der Waals surface area contributed by atoms with Crippen molar-refractivity contribution in [3.63, 3.8) is 0 Å². The molecule has 180 valence electrons. The molecule has 0 aliphatic carbocycles. The van der Waals surface area contributed by atoms with Crippen LogP contribution in [0.15, 0.2) is 53.4 Å². The van der Waals surface area contributed by atoms with Crippen molar-refractivity contribution in [1.82, 2.24) is 4.90 Å². The van der Waals surface area contributed by atoms with Gasteiger partial charge in [-0.3, -0.25) is 9.52 Å². The summed E-state index contributed by atoms with van der Waals surface area (Å²) in [5, 5.41) is 12.7. The Morgan fingerprint density at radius 2 is 1.94 bits per heavy atom. The second kappa shape index (κ2) is 9.73. The lowest BCUT2D eigenvalue weighted by Gasteiger charge is -2.25. The minimum atomic E-state index is -3.99. The highest BCUT2D eigenvalue weighted by molar-refractivity contribution is 7.92. The molecule has 3 aromatic rings. The fourth-order valence-electron chi connectivity index (χ4n) is 3.62. The standard InChI is InChI=1S/C23H19FN4O5S2/c1-33-23(30)28-10-9-18-19(12-25)22(34-20(18)13-28)26-21(29)14-3-2-4-16(11-14)27-35(31,32)17-7-5-15(24)6-8-17/h2-8,11,27H,9-10,13H2,1H3,(H,26,29). The number of carbonyl (C=O) groups is 2. The van der Waals surface area contributed by atoms with Crippen LogP contribution >= 0.6 is 11.3 Å². The molecule has 0 atom stereocenters. The molecule has 1 aliphatic heterocycles. The number of nitriles is 1. The molecule has 0 unspecified atom stereocenters. The minimum absolute atomic E-state index is 0.127. The van der Waals surface area contributed by atoms with E-state index in [0.29, 0.717) is 23.5 Å². The van der Waals surface area contributed by atoms with Crippen LogP contribution < -0.4 is 10.0 Å². The predicted molar refractivity (Wildman–Crippen MR) is 127 cm³/mol. The summed E-state index contributed by atoms with van der Waals surface area (Å²) in [6, 6.07) is 12.3. The van der Waals surface area contributed by atoms with Crippen LogP contribution in [0, 0.1) is 17.1 Å². The van der Waals surface area contributed by atoms with Crippen LogP contribution in [-0.4, -0.2) is 39.0 Å². The Morgan fingerprint density at radius 1 is 1.20 bits per heavy atom. The van der Waals surface area contributed by atoms with E-state index in [-0.39, 0.29) is 22.7 Å². The van der Waals surface area contributed by atoms with Gasteiger partial charge in [-0.25, -0.2) is 17.6 Å². The van der Waals surface area contributed by atoms with Crippen LogP contribution in [0.2, 0.25) is 0 Å². The van der Waals surface area contributed by atoms with E-state index in [4.69, 9.17) is 4.74 Å². The van der Waals surface area contributed by atoms with Crippen molar-refractivity contribution in [2.24, 2.45) is 0 Å². The van der Waals surface area contributed by atoms with Gasteiger partial charge < -0.3 is 15.0 Å². The summed E-state index contributed by atoms with van der Waals surface area (Å²) in [6.45, 7) is 0.673. The van der Waals surface area contributed by atoms with Crippen LogP contribution in [-0.2, 0) is 27.7 Å². The lowest BCUT2D eigenvalue weighted by atomic mass is 10.0. The van der Waals surface area contributed by atoms with E-state index in [2.05, 4.69) is 16.1 Å². The van der Waals surface area contributed by atoms with Gasteiger partial charge in [0.05, 0.1) is 24.1 Å². The molecule has 12 heteroatoms. The maximum absolute atomic E-state index is 13.1. The molecular weight excluding hydrogens is 495 g/mol. The molecule has 0 spiro atoms. The van der Waals surface area contributed by atoms with E-state index in [1.54, 1.807) is 0 Å². The topological polar surface area (TPSA) is 129 Å². The van der Waals surface area contributed by atoms with Crippen LogP contribution in [0.5, 0.6) is 0 Å². The van der Waals surface area contributed by atoms with E-state index in [0.717, 1.165) is 34.7 Å². The normalized spacial score (nSPS) is 12.9. The number of hydrogen-bond donors (Lipinski definition) is 2. The summed E-state index contributed by atoms with van der Waals surface area (Å²) < 4.78 is 45.4. The third-order valence-corrected chi connectivity index (χ3v) is 7.86. The SMILES string of the molecule is COC(=O)N1CCc2c(sc(NC(=O)c3cccc(NS(=O)(=O)c4ccc(F)cc4)c3)c2C#N)C1. The fraction of sp³-hybridized carbons (Fsp3) is 0.174. The molecule has 0 fully saturated rings. The summed E-state index contributed by atoms with van der Waals surface area (Å²) in [5.74, 6) is -1.10. The number of sulfonamides is 1. The maximum Gasteiger partial charge on any atom is 0.409 e. The Morgan fingerprint density at radius 3 is 2.63 bits per heavy atom. The number of fused-ring (bicyclic) bond motifs is 1. The van der Waals surface area contributed by atoms with Gasteiger partial charge in [0.1, 0.15) is 16.9 Å². The Bertz CT molecular complexity index is 1450. The van der Waals surface area contributed by atoms with Crippen molar-refractivity contribution in [2.45, 2.75) is 17.9 Å². The van der Waals surface area contributed by atoms with Gasteiger partial charge in [-0.2, -0.15) is 5.26 Å². The highest BCUT2D eigenvalue weighted by Gasteiger charge is 2.28. The molecule has 35 heavy (non-hydrogen) atoms. The Balaban J connectivity index is 1.53. The molecule has 1 aromatic heterocycles. The second-order valence-electron chi connectivity index (χ2n) is 7.56. The van der Waals surface area contributed by atoms with Gasteiger partial charge in [0.15, 0.2) is 0 Å². The number of rotatable bonds is 5. The van der Waals surface area contributed by atoms with E-state index in [1.807, 2.05) is 0 Å². The van der Waals surface area contributed by atoms with Crippen LogP contribution in [0.1, 0.15) is 26.4 Å². The zero-order chi connectivity index (χ0) is 25.2. The van der Waals surface area contributed by atoms with Crippen molar-refractivity contribution in [3.8, 4) is 6.07 Å². The Hall–Kier alpha value is -3.95. The predicted octanol–water partition coefficient (Wildman–Crippen LogP) is 3.94. The van der Waals surface area contributed by atoms with Gasteiger partial charge >= 0.3 is 6.09 Å². The van der Waals surface area contributed by atoms with E-state index in [1.165, 1.54) is 47.6 Å². The summed E-state index contributed by atoms with van der Waals surface area (Å²) in [4.78, 5) is 26.9. The first-order valence-electron chi connectivity index (χ1n) is 10.3. The van der Waals surface area contributed by atoms with Crippen LogP contribution in [0.4, 0.5) is 19.9 Å². The van der Waals surface area contributed by atoms with Gasteiger partial charge in [0.2, 0.25) is 0 Å². The number of thiophene rings is 1. The number of hydrogen-bond acceptors (Lipinski definition) is 7. The van der Waals surface area contributed by atoms with Gasteiger partial charge in [0, 0.05) is 22.7 Å².